The van der Waals surface area contributed by atoms with Gasteiger partial charge in [-0.1, -0.05) is 73.2 Å². The lowest BCUT2D eigenvalue weighted by Gasteiger charge is -2.27. The van der Waals surface area contributed by atoms with E-state index in [1.807, 2.05) is 43.3 Å². The van der Waals surface area contributed by atoms with Gasteiger partial charge in [0, 0.05) is 16.6 Å². The summed E-state index contributed by atoms with van der Waals surface area (Å²) in [6, 6.07) is 20.3. The number of rotatable bonds is 5. The Bertz CT molecular complexity index is 1030. The van der Waals surface area contributed by atoms with Gasteiger partial charge in [-0.25, -0.2) is 0 Å². The van der Waals surface area contributed by atoms with Gasteiger partial charge in [0.2, 0.25) is 0 Å². The molecule has 4 heteroatoms. The van der Waals surface area contributed by atoms with E-state index in [-0.39, 0.29) is 5.91 Å². The first-order chi connectivity index (χ1) is 13.6. The Morgan fingerprint density at radius 3 is 2.39 bits per heavy atom. The lowest BCUT2D eigenvalue weighted by Crippen LogP contribution is -2.26. The van der Waals surface area contributed by atoms with Gasteiger partial charge in [-0.2, -0.15) is 0 Å². The van der Waals surface area contributed by atoms with Crippen LogP contribution in [0.1, 0.15) is 52.6 Å². The maximum atomic E-state index is 12.8. The number of amides is 1. The minimum Gasteiger partial charge on any atom is -0.456 e. The second kappa shape index (κ2) is 8.11. The average molecular weight is 390 g/mol. The second-order valence-corrected chi connectivity index (χ2v) is 7.78. The summed E-state index contributed by atoms with van der Waals surface area (Å²) in [5.41, 5.74) is 4.29. The van der Waals surface area contributed by atoms with Crippen molar-refractivity contribution >= 4 is 18.1 Å². The summed E-state index contributed by atoms with van der Waals surface area (Å²) < 4.78 is 6.54. The van der Waals surface area contributed by atoms with E-state index in [4.69, 9.17) is 16.6 Å². The number of benzene rings is 2. The molecule has 0 radical (unpaired) electrons. The summed E-state index contributed by atoms with van der Waals surface area (Å²) in [5.74, 6) is 1.22. The molecule has 142 valence electrons. The molecule has 4 rings (SSSR count). The Kier molecular flexibility index (Phi) is 5.40. The quantitative estimate of drug-likeness (QED) is 0.530. The maximum absolute atomic E-state index is 12.8. The highest BCUT2D eigenvalue weighted by atomic mass is 32.1. The first-order valence-electron chi connectivity index (χ1n) is 9.69. The Morgan fingerprint density at radius 2 is 1.75 bits per heavy atom. The lowest BCUT2D eigenvalue weighted by molar-refractivity contribution is 0.0915. The third-order valence-corrected chi connectivity index (χ3v) is 5.68. The predicted octanol–water partition coefficient (Wildman–Crippen LogP) is 6.18. The number of carbonyl (C=O) groups is 1. The van der Waals surface area contributed by atoms with E-state index >= 15 is 0 Å². The van der Waals surface area contributed by atoms with Gasteiger partial charge < -0.3 is 9.73 Å². The fourth-order valence-corrected chi connectivity index (χ4v) is 4.01. The summed E-state index contributed by atoms with van der Waals surface area (Å²) in [4.78, 5) is 12.8. The van der Waals surface area contributed by atoms with E-state index in [1.54, 1.807) is 0 Å². The molecule has 0 bridgehead atoms. The highest BCUT2D eigenvalue weighted by Gasteiger charge is 2.28. The average Bonchev–Trinajstić information content (AvgIpc) is 2.67. The van der Waals surface area contributed by atoms with E-state index in [2.05, 4.69) is 29.6 Å². The van der Waals surface area contributed by atoms with E-state index in [9.17, 15) is 4.79 Å². The van der Waals surface area contributed by atoms with Crippen LogP contribution in [-0.4, -0.2) is 5.91 Å². The van der Waals surface area contributed by atoms with Crippen molar-refractivity contribution in [1.82, 2.24) is 5.32 Å². The molecule has 2 aromatic carbocycles. The zero-order valence-electron chi connectivity index (χ0n) is 15.9. The van der Waals surface area contributed by atoms with Crippen molar-refractivity contribution < 1.29 is 9.21 Å². The molecule has 0 unspecified atom stereocenters. The second-order valence-electron chi connectivity index (χ2n) is 7.34. The molecule has 1 saturated carbocycles. The van der Waals surface area contributed by atoms with Crippen LogP contribution in [0.4, 0.5) is 0 Å². The van der Waals surface area contributed by atoms with Crippen LogP contribution in [0.25, 0.3) is 11.1 Å². The first kappa shape index (κ1) is 18.6. The summed E-state index contributed by atoms with van der Waals surface area (Å²) in [7, 11) is 0. The fraction of sp³-hybridized carbons (Fsp3) is 0.250. The Balaban J connectivity index is 1.48. The third kappa shape index (κ3) is 3.92. The molecule has 1 heterocycles. The summed E-state index contributed by atoms with van der Waals surface area (Å²) in [6.07, 6.45) is 3.33. The molecule has 0 aliphatic heterocycles. The van der Waals surface area contributed by atoms with Crippen LogP contribution in [0, 0.1) is 11.4 Å². The van der Waals surface area contributed by atoms with Gasteiger partial charge in [0.25, 0.3) is 5.91 Å². The zero-order chi connectivity index (χ0) is 19.5. The molecule has 1 amide bonds. The van der Waals surface area contributed by atoms with Crippen molar-refractivity contribution in [2.45, 2.75) is 38.6 Å². The molecule has 0 saturated heterocycles. The van der Waals surface area contributed by atoms with E-state index in [0.29, 0.717) is 24.0 Å². The highest BCUT2D eigenvalue weighted by Crippen LogP contribution is 2.39. The molecule has 3 nitrogen and oxygen atoms in total. The van der Waals surface area contributed by atoms with Crippen LogP contribution in [0.5, 0.6) is 0 Å². The van der Waals surface area contributed by atoms with Crippen molar-refractivity contribution in [2.75, 3.05) is 0 Å². The van der Waals surface area contributed by atoms with Crippen molar-refractivity contribution in [3.8, 4) is 11.1 Å². The minimum atomic E-state index is -0.191. The highest BCUT2D eigenvalue weighted by molar-refractivity contribution is 7.71. The molecule has 3 aromatic rings. The number of nitrogens with one attached hydrogen (secondary N) is 1. The van der Waals surface area contributed by atoms with Crippen LogP contribution >= 0.6 is 12.2 Å². The van der Waals surface area contributed by atoms with E-state index in [1.165, 1.54) is 12.0 Å². The third-order valence-electron chi connectivity index (χ3n) is 5.34. The largest absolute Gasteiger partial charge is 0.456 e. The van der Waals surface area contributed by atoms with E-state index < -0.39 is 0 Å². The van der Waals surface area contributed by atoms with Gasteiger partial charge in [0.15, 0.2) is 5.76 Å². The van der Waals surface area contributed by atoms with Crippen LogP contribution in [0.2, 0.25) is 0 Å². The molecular formula is C24H23NO2S. The van der Waals surface area contributed by atoms with Gasteiger partial charge in [-0.05, 0) is 48.4 Å². The standard InChI is InChI=1S/C24H23NO2S/c1-16-14-21(28)22(20-8-5-9-20)23(27-16)24(26)25-15-17-10-12-19(13-11-17)18-6-3-2-4-7-18/h2-4,6-7,10-14,20H,5,8-9,15H2,1H3,(H,25,26). The van der Waals surface area contributed by atoms with Gasteiger partial charge >= 0.3 is 0 Å². The van der Waals surface area contributed by atoms with E-state index in [0.717, 1.165) is 34.0 Å². The predicted molar refractivity (Wildman–Crippen MR) is 114 cm³/mol. The van der Waals surface area contributed by atoms with Crippen molar-refractivity contribution in [3.05, 3.63) is 87.8 Å². The Labute approximate surface area is 170 Å². The molecule has 1 aliphatic rings. The number of aryl methyl sites for hydroxylation is 1. The smallest absolute Gasteiger partial charge is 0.287 e. The first-order valence-corrected chi connectivity index (χ1v) is 10.1. The van der Waals surface area contributed by atoms with Gasteiger partial charge in [0.1, 0.15) is 5.76 Å². The minimum absolute atomic E-state index is 0.191. The molecular weight excluding hydrogens is 366 g/mol. The number of hydrogen-bond acceptors (Lipinski definition) is 3. The van der Waals surface area contributed by atoms with Crippen molar-refractivity contribution in [3.63, 3.8) is 0 Å². The van der Waals surface area contributed by atoms with Gasteiger partial charge in [-0.15, -0.1) is 0 Å². The lowest BCUT2D eigenvalue weighted by atomic mass is 9.79. The number of carbonyl (C=O) groups excluding carboxylic acids is 1. The number of hydrogen-bond donors (Lipinski definition) is 1. The van der Waals surface area contributed by atoms with Crippen LogP contribution in [0.3, 0.4) is 0 Å². The zero-order valence-corrected chi connectivity index (χ0v) is 16.7. The normalized spacial score (nSPS) is 13.8. The topological polar surface area (TPSA) is 42.2 Å². The molecule has 0 spiro atoms. The molecule has 1 aliphatic carbocycles. The van der Waals surface area contributed by atoms with Gasteiger partial charge in [-0.3, -0.25) is 4.79 Å². The Morgan fingerprint density at radius 1 is 1.07 bits per heavy atom. The molecule has 0 atom stereocenters. The van der Waals surface area contributed by atoms with Crippen molar-refractivity contribution in [1.29, 1.82) is 0 Å². The summed E-state index contributed by atoms with van der Waals surface area (Å²) >= 11 is 5.52. The van der Waals surface area contributed by atoms with Crippen LogP contribution < -0.4 is 5.32 Å². The molecule has 1 fully saturated rings. The molecule has 1 N–H and O–H groups in total. The molecule has 28 heavy (non-hydrogen) atoms. The SMILES string of the molecule is Cc1cc(=S)c(C2CCC2)c(C(=O)NCc2ccc(-c3ccccc3)cc2)o1. The Hall–Kier alpha value is -2.72. The van der Waals surface area contributed by atoms with Crippen molar-refractivity contribution in [2.24, 2.45) is 0 Å². The van der Waals surface area contributed by atoms with Gasteiger partial charge in [0.05, 0.1) is 0 Å². The summed E-state index contributed by atoms with van der Waals surface area (Å²) in [6.45, 7) is 2.29. The van der Waals surface area contributed by atoms with Crippen LogP contribution in [-0.2, 0) is 6.54 Å². The van der Waals surface area contributed by atoms with Crippen LogP contribution in [0.15, 0.2) is 65.1 Å². The molecule has 1 aromatic heterocycles. The summed E-state index contributed by atoms with van der Waals surface area (Å²) in [5, 5.41) is 2.99. The maximum Gasteiger partial charge on any atom is 0.287 e. The monoisotopic (exact) mass is 389 g/mol. The fourth-order valence-electron chi connectivity index (χ4n) is 3.58.